The van der Waals surface area contributed by atoms with Crippen LogP contribution in [0.25, 0.3) is 0 Å². The lowest BCUT2D eigenvalue weighted by atomic mass is 10.2. The molecule has 3 rings (SSSR count). The SMILES string of the molecule is O=C(c1ccc(Br)s1)N1CCCN(Cc2ccc(Cl)cc2)CC1. The summed E-state index contributed by atoms with van der Waals surface area (Å²) in [4.78, 5) is 17.7. The van der Waals surface area contributed by atoms with Gasteiger partial charge in [-0.3, -0.25) is 9.69 Å². The molecule has 0 unspecified atom stereocenters. The molecule has 0 N–H and O–H groups in total. The van der Waals surface area contributed by atoms with Crippen LogP contribution in [0.4, 0.5) is 0 Å². The van der Waals surface area contributed by atoms with Gasteiger partial charge in [0, 0.05) is 37.7 Å². The molecule has 0 atom stereocenters. The molecule has 23 heavy (non-hydrogen) atoms. The summed E-state index contributed by atoms with van der Waals surface area (Å²) in [6.07, 6.45) is 1.01. The molecular formula is C17H18BrClN2OS. The van der Waals surface area contributed by atoms with Gasteiger partial charge < -0.3 is 4.90 Å². The standard InChI is InChI=1S/C17H18BrClN2OS/c18-16-7-6-15(23-16)17(22)21-9-1-8-20(10-11-21)12-13-2-4-14(19)5-3-13/h2-7H,1,8-12H2. The van der Waals surface area contributed by atoms with Crippen LogP contribution in [0.5, 0.6) is 0 Å². The summed E-state index contributed by atoms with van der Waals surface area (Å²) in [6.45, 7) is 4.43. The number of benzene rings is 1. The molecule has 3 nitrogen and oxygen atoms in total. The molecular weight excluding hydrogens is 396 g/mol. The molecule has 1 aliphatic heterocycles. The molecule has 0 aliphatic carbocycles. The maximum absolute atomic E-state index is 12.6. The van der Waals surface area contributed by atoms with E-state index in [2.05, 4.69) is 33.0 Å². The van der Waals surface area contributed by atoms with Crippen molar-refractivity contribution in [2.45, 2.75) is 13.0 Å². The minimum absolute atomic E-state index is 0.147. The quantitative estimate of drug-likeness (QED) is 0.739. The number of thiophene rings is 1. The van der Waals surface area contributed by atoms with E-state index < -0.39 is 0 Å². The Kier molecular flexibility index (Phi) is 5.75. The Morgan fingerprint density at radius 2 is 1.87 bits per heavy atom. The maximum Gasteiger partial charge on any atom is 0.264 e. The fourth-order valence-electron chi connectivity index (χ4n) is 2.77. The maximum atomic E-state index is 12.6. The van der Waals surface area contributed by atoms with Crippen molar-refractivity contribution in [3.05, 3.63) is 55.6 Å². The van der Waals surface area contributed by atoms with E-state index in [1.165, 1.54) is 16.9 Å². The molecule has 0 radical (unpaired) electrons. The van der Waals surface area contributed by atoms with Crippen LogP contribution >= 0.6 is 38.9 Å². The van der Waals surface area contributed by atoms with Crippen LogP contribution in [-0.4, -0.2) is 41.9 Å². The smallest absolute Gasteiger partial charge is 0.264 e. The van der Waals surface area contributed by atoms with Gasteiger partial charge >= 0.3 is 0 Å². The van der Waals surface area contributed by atoms with Crippen LogP contribution in [0.3, 0.4) is 0 Å². The summed E-state index contributed by atoms with van der Waals surface area (Å²) in [7, 11) is 0. The lowest BCUT2D eigenvalue weighted by Gasteiger charge is -2.21. The first-order chi connectivity index (χ1) is 11.1. The lowest BCUT2D eigenvalue weighted by Crippen LogP contribution is -2.34. The third-order valence-corrected chi connectivity index (χ3v) is 5.84. The first-order valence-electron chi connectivity index (χ1n) is 7.63. The molecule has 6 heteroatoms. The van der Waals surface area contributed by atoms with Crippen molar-refractivity contribution in [1.82, 2.24) is 9.80 Å². The highest BCUT2D eigenvalue weighted by atomic mass is 79.9. The van der Waals surface area contributed by atoms with Gasteiger partial charge in [0.05, 0.1) is 8.66 Å². The largest absolute Gasteiger partial charge is 0.337 e. The van der Waals surface area contributed by atoms with Gasteiger partial charge in [-0.05, 0) is 52.2 Å². The predicted molar refractivity (Wildman–Crippen MR) is 99.3 cm³/mol. The second-order valence-electron chi connectivity index (χ2n) is 5.65. The highest BCUT2D eigenvalue weighted by Gasteiger charge is 2.21. The summed E-state index contributed by atoms with van der Waals surface area (Å²) in [5, 5.41) is 0.767. The van der Waals surface area contributed by atoms with E-state index in [0.717, 1.165) is 52.8 Å². The zero-order valence-electron chi connectivity index (χ0n) is 12.7. The minimum atomic E-state index is 0.147. The van der Waals surface area contributed by atoms with E-state index in [4.69, 9.17) is 11.6 Å². The fraction of sp³-hybridized carbons (Fsp3) is 0.353. The molecule has 1 aliphatic rings. The number of hydrogen-bond acceptors (Lipinski definition) is 3. The van der Waals surface area contributed by atoms with Gasteiger partial charge in [-0.2, -0.15) is 0 Å². The van der Waals surface area contributed by atoms with Crippen LogP contribution in [0.15, 0.2) is 40.2 Å². The van der Waals surface area contributed by atoms with Crippen LogP contribution in [0.1, 0.15) is 21.7 Å². The Bertz CT molecular complexity index is 673. The molecule has 1 aromatic carbocycles. The monoisotopic (exact) mass is 412 g/mol. The fourth-order valence-corrected chi connectivity index (χ4v) is 4.25. The Morgan fingerprint density at radius 1 is 1.09 bits per heavy atom. The van der Waals surface area contributed by atoms with Gasteiger partial charge in [0.15, 0.2) is 0 Å². The highest BCUT2D eigenvalue weighted by molar-refractivity contribution is 9.11. The first kappa shape index (κ1) is 17.0. The Labute approximate surface area is 154 Å². The van der Waals surface area contributed by atoms with Crippen molar-refractivity contribution in [3.8, 4) is 0 Å². The second-order valence-corrected chi connectivity index (χ2v) is 8.55. The van der Waals surface area contributed by atoms with Crippen molar-refractivity contribution in [2.75, 3.05) is 26.2 Å². The summed E-state index contributed by atoms with van der Waals surface area (Å²) >= 11 is 10.9. The van der Waals surface area contributed by atoms with E-state index in [1.54, 1.807) is 0 Å². The van der Waals surface area contributed by atoms with Crippen molar-refractivity contribution in [2.24, 2.45) is 0 Å². The van der Waals surface area contributed by atoms with Crippen molar-refractivity contribution in [3.63, 3.8) is 0 Å². The van der Waals surface area contributed by atoms with Crippen LogP contribution in [0.2, 0.25) is 5.02 Å². The van der Waals surface area contributed by atoms with Gasteiger partial charge in [0.1, 0.15) is 0 Å². The molecule has 1 amide bonds. The third-order valence-electron chi connectivity index (χ3n) is 3.98. The molecule has 0 bridgehead atoms. The first-order valence-corrected chi connectivity index (χ1v) is 9.62. The van der Waals surface area contributed by atoms with E-state index in [0.29, 0.717) is 0 Å². The zero-order valence-corrected chi connectivity index (χ0v) is 15.8. The normalized spacial score (nSPS) is 16.3. The minimum Gasteiger partial charge on any atom is -0.337 e. The average molecular weight is 414 g/mol. The highest BCUT2D eigenvalue weighted by Crippen LogP contribution is 2.24. The van der Waals surface area contributed by atoms with Crippen LogP contribution in [0, 0.1) is 0 Å². The Morgan fingerprint density at radius 3 is 2.57 bits per heavy atom. The van der Waals surface area contributed by atoms with Gasteiger partial charge in [0.25, 0.3) is 5.91 Å². The number of nitrogens with zero attached hydrogens (tertiary/aromatic N) is 2. The molecule has 1 aromatic heterocycles. The van der Waals surface area contributed by atoms with Crippen molar-refractivity contribution in [1.29, 1.82) is 0 Å². The molecule has 2 aromatic rings. The molecule has 0 spiro atoms. The number of carbonyl (C=O) groups excluding carboxylic acids is 1. The summed E-state index contributed by atoms with van der Waals surface area (Å²) in [6, 6.07) is 11.8. The van der Waals surface area contributed by atoms with Gasteiger partial charge in [-0.15, -0.1) is 11.3 Å². The summed E-state index contributed by atoms with van der Waals surface area (Å²) < 4.78 is 1.00. The van der Waals surface area contributed by atoms with Crippen molar-refractivity contribution >= 4 is 44.8 Å². The Hall–Kier alpha value is -0.880. The topological polar surface area (TPSA) is 23.6 Å². The van der Waals surface area contributed by atoms with Gasteiger partial charge in [-0.25, -0.2) is 0 Å². The van der Waals surface area contributed by atoms with E-state index in [9.17, 15) is 4.79 Å². The predicted octanol–water partition coefficient (Wildman–Crippen LogP) is 4.51. The molecule has 122 valence electrons. The number of halogens is 2. The van der Waals surface area contributed by atoms with Gasteiger partial charge in [0.2, 0.25) is 0 Å². The third kappa shape index (κ3) is 4.57. The molecule has 1 fully saturated rings. The molecule has 1 saturated heterocycles. The van der Waals surface area contributed by atoms with E-state index >= 15 is 0 Å². The van der Waals surface area contributed by atoms with Gasteiger partial charge in [-0.1, -0.05) is 23.7 Å². The summed E-state index contributed by atoms with van der Waals surface area (Å²) in [5.74, 6) is 0.147. The van der Waals surface area contributed by atoms with E-state index in [1.807, 2.05) is 29.2 Å². The number of amides is 1. The average Bonchev–Trinajstić information content (AvgIpc) is 2.84. The van der Waals surface area contributed by atoms with Crippen molar-refractivity contribution < 1.29 is 4.79 Å². The Balaban J connectivity index is 1.58. The second kappa shape index (κ2) is 7.79. The van der Waals surface area contributed by atoms with E-state index in [-0.39, 0.29) is 5.91 Å². The number of hydrogen-bond donors (Lipinski definition) is 0. The lowest BCUT2D eigenvalue weighted by molar-refractivity contribution is 0.0766. The van der Waals surface area contributed by atoms with Crippen LogP contribution < -0.4 is 0 Å². The molecule has 2 heterocycles. The van der Waals surface area contributed by atoms with Crippen LogP contribution in [-0.2, 0) is 6.54 Å². The summed E-state index contributed by atoms with van der Waals surface area (Å²) in [5.41, 5.74) is 1.26. The number of carbonyl (C=O) groups is 1. The molecule has 0 saturated carbocycles. The number of rotatable bonds is 3. The zero-order chi connectivity index (χ0) is 16.2.